The van der Waals surface area contributed by atoms with Gasteiger partial charge in [-0.05, 0) is 30.4 Å². The van der Waals surface area contributed by atoms with Crippen molar-refractivity contribution in [1.82, 2.24) is 10.3 Å². The van der Waals surface area contributed by atoms with E-state index in [0.717, 1.165) is 30.2 Å². The molecule has 0 atom stereocenters. The van der Waals surface area contributed by atoms with Gasteiger partial charge in [-0.15, -0.1) is 11.3 Å². The summed E-state index contributed by atoms with van der Waals surface area (Å²) in [5, 5.41) is 6.76. The van der Waals surface area contributed by atoms with Gasteiger partial charge in [-0.2, -0.15) is 0 Å². The minimum Gasteiger partial charge on any atom is -0.310 e. The fraction of sp³-hybridized carbons (Fsp3) is 0.500. The van der Waals surface area contributed by atoms with Crippen LogP contribution in [-0.2, 0) is 13.0 Å². The van der Waals surface area contributed by atoms with E-state index in [-0.39, 0.29) is 0 Å². The van der Waals surface area contributed by atoms with Crippen molar-refractivity contribution in [2.24, 2.45) is 11.8 Å². The first-order chi connectivity index (χ1) is 10.0. The molecule has 0 aliphatic carbocycles. The molecule has 0 spiro atoms. The van der Waals surface area contributed by atoms with Crippen LogP contribution >= 0.6 is 11.3 Å². The molecule has 1 N–H and O–H groups in total. The average Bonchev–Trinajstić information content (AvgIpc) is 2.87. The van der Waals surface area contributed by atoms with Crippen LogP contribution in [-0.4, -0.2) is 11.5 Å². The summed E-state index contributed by atoms with van der Waals surface area (Å²) in [5.41, 5.74) is 3.72. The number of rotatable bonds is 7. The molecule has 0 saturated carbocycles. The first-order valence-corrected chi connectivity index (χ1v) is 8.67. The Morgan fingerprint density at radius 2 is 1.76 bits per heavy atom. The smallest absolute Gasteiger partial charge is 0.107 e. The van der Waals surface area contributed by atoms with Gasteiger partial charge in [0.1, 0.15) is 5.01 Å². The van der Waals surface area contributed by atoms with Crippen molar-refractivity contribution in [3.8, 4) is 11.3 Å². The van der Waals surface area contributed by atoms with Gasteiger partial charge in [-0.1, -0.05) is 52.0 Å². The molecule has 0 unspecified atom stereocenters. The van der Waals surface area contributed by atoms with Crippen molar-refractivity contribution in [2.75, 3.05) is 6.54 Å². The third-order valence-electron chi connectivity index (χ3n) is 3.27. The Bertz CT molecular complexity index is 541. The van der Waals surface area contributed by atoms with Crippen LogP contribution in [0.5, 0.6) is 0 Å². The Hall–Kier alpha value is -1.19. The van der Waals surface area contributed by atoms with Crippen LogP contribution in [0.1, 0.15) is 38.3 Å². The van der Waals surface area contributed by atoms with Crippen LogP contribution in [0.3, 0.4) is 0 Å². The fourth-order valence-electron chi connectivity index (χ4n) is 2.28. The van der Waals surface area contributed by atoms with E-state index in [0.29, 0.717) is 11.8 Å². The number of nitrogens with one attached hydrogen (secondary N) is 1. The van der Waals surface area contributed by atoms with Crippen LogP contribution < -0.4 is 5.32 Å². The zero-order chi connectivity index (χ0) is 15.2. The maximum Gasteiger partial charge on any atom is 0.107 e. The van der Waals surface area contributed by atoms with Crippen molar-refractivity contribution in [3.63, 3.8) is 0 Å². The van der Waals surface area contributed by atoms with Crippen LogP contribution in [0, 0.1) is 11.8 Å². The highest BCUT2D eigenvalue weighted by atomic mass is 32.1. The highest BCUT2D eigenvalue weighted by Gasteiger charge is 2.05. The van der Waals surface area contributed by atoms with Crippen molar-refractivity contribution >= 4 is 11.3 Å². The summed E-state index contributed by atoms with van der Waals surface area (Å²) in [6.45, 7) is 10.9. The summed E-state index contributed by atoms with van der Waals surface area (Å²) < 4.78 is 0. The van der Waals surface area contributed by atoms with Gasteiger partial charge in [0.25, 0.3) is 0 Å². The van der Waals surface area contributed by atoms with E-state index in [1.54, 1.807) is 11.3 Å². The molecule has 0 fully saturated rings. The topological polar surface area (TPSA) is 24.9 Å². The molecule has 0 aliphatic rings. The second-order valence-corrected chi connectivity index (χ2v) is 7.39. The van der Waals surface area contributed by atoms with Crippen LogP contribution in [0.25, 0.3) is 11.3 Å². The molecule has 21 heavy (non-hydrogen) atoms. The largest absolute Gasteiger partial charge is 0.310 e. The first kappa shape index (κ1) is 16.2. The number of thiazole rings is 1. The predicted molar refractivity (Wildman–Crippen MR) is 92.6 cm³/mol. The summed E-state index contributed by atoms with van der Waals surface area (Å²) in [6, 6.07) is 8.84. The first-order valence-electron chi connectivity index (χ1n) is 7.79. The van der Waals surface area contributed by atoms with Gasteiger partial charge in [-0.25, -0.2) is 4.98 Å². The molecular formula is C18H26N2S. The Balaban J connectivity index is 1.97. The molecule has 1 aromatic heterocycles. The lowest BCUT2D eigenvalue weighted by atomic mass is 10.0. The lowest BCUT2D eigenvalue weighted by Gasteiger charge is -2.05. The zero-order valence-corrected chi connectivity index (χ0v) is 14.3. The summed E-state index contributed by atoms with van der Waals surface area (Å²) in [5.74, 6) is 1.38. The Labute approximate surface area is 132 Å². The Morgan fingerprint density at radius 1 is 1.05 bits per heavy atom. The van der Waals surface area contributed by atoms with E-state index >= 15 is 0 Å². The SMILES string of the molecule is CC(C)CNCc1nc(-c2ccc(CC(C)C)cc2)cs1. The van der Waals surface area contributed by atoms with Gasteiger partial charge in [0, 0.05) is 17.5 Å². The number of aromatic nitrogens is 1. The molecule has 0 aliphatic heterocycles. The third kappa shape index (κ3) is 5.25. The predicted octanol–water partition coefficient (Wildman–Crippen LogP) is 4.75. The summed E-state index contributed by atoms with van der Waals surface area (Å²) in [7, 11) is 0. The Morgan fingerprint density at radius 3 is 2.38 bits per heavy atom. The highest BCUT2D eigenvalue weighted by molar-refractivity contribution is 7.09. The van der Waals surface area contributed by atoms with Crippen LogP contribution in [0.15, 0.2) is 29.6 Å². The third-order valence-corrected chi connectivity index (χ3v) is 4.12. The van der Waals surface area contributed by atoms with E-state index in [4.69, 9.17) is 4.98 Å². The van der Waals surface area contributed by atoms with Gasteiger partial charge < -0.3 is 5.32 Å². The molecule has 2 aromatic rings. The normalized spacial score (nSPS) is 11.5. The van der Waals surface area contributed by atoms with Crippen molar-refractivity contribution < 1.29 is 0 Å². The summed E-state index contributed by atoms with van der Waals surface area (Å²) in [4.78, 5) is 4.72. The van der Waals surface area contributed by atoms with E-state index in [1.807, 2.05) is 0 Å². The van der Waals surface area contributed by atoms with E-state index in [9.17, 15) is 0 Å². The van der Waals surface area contributed by atoms with Gasteiger partial charge in [-0.3, -0.25) is 0 Å². The van der Waals surface area contributed by atoms with Gasteiger partial charge >= 0.3 is 0 Å². The number of benzene rings is 1. The minimum atomic E-state index is 0.679. The molecule has 0 amide bonds. The van der Waals surface area contributed by atoms with Crippen LogP contribution in [0.4, 0.5) is 0 Å². The quantitative estimate of drug-likeness (QED) is 0.798. The number of hydrogen-bond acceptors (Lipinski definition) is 3. The molecule has 114 valence electrons. The highest BCUT2D eigenvalue weighted by Crippen LogP contribution is 2.23. The van der Waals surface area contributed by atoms with Gasteiger partial charge in [0.05, 0.1) is 5.69 Å². The summed E-state index contributed by atoms with van der Waals surface area (Å²) >= 11 is 1.74. The molecule has 1 aromatic carbocycles. The molecule has 0 bridgehead atoms. The van der Waals surface area contributed by atoms with Crippen LogP contribution in [0.2, 0.25) is 0 Å². The van der Waals surface area contributed by atoms with Crippen molar-refractivity contribution in [2.45, 2.75) is 40.7 Å². The fourth-order valence-corrected chi connectivity index (χ4v) is 3.05. The average molecular weight is 302 g/mol. The number of hydrogen-bond donors (Lipinski definition) is 1. The van der Waals surface area contributed by atoms with Crippen molar-refractivity contribution in [1.29, 1.82) is 0 Å². The Kier molecular flexibility index (Phi) is 5.95. The molecule has 0 radical (unpaired) electrons. The second kappa shape index (κ2) is 7.71. The lowest BCUT2D eigenvalue weighted by molar-refractivity contribution is 0.551. The maximum atomic E-state index is 4.72. The van der Waals surface area contributed by atoms with Gasteiger partial charge in [0.2, 0.25) is 0 Å². The van der Waals surface area contributed by atoms with E-state index in [2.05, 4.69) is 62.7 Å². The molecule has 2 nitrogen and oxygen atoms in total. The molecule has 1 heterocycles. The van der Waals surface area contributed by atoms with Crippen molar-refractivity contribution in [3.05, 3.63) is 40.2 Å². The number of nitrogens with zero attached hydrogens (tertiary/aromatic N) is 1. The van der Waals surface area contributed by atoms with E-state index in [1.165, 1.54) is 11.1 Å². The molecule has 3 heteroatoms. The summed E-state index contributed by atoms with van der Waals surface area (Å²) in [6.07, 6.45) is 1.14. The monoisotopic (exact) mass is 302 g/mol. The lowest BCUT2D eigenvalue weighted by Crippen LogP contribution is -2.18. The van der Waals surface area contributed by atoms with E-state index < -0.39 is 0 Å². The minimum absolute atomic E-state index is 0.679. The van der Waals surface area contributed by atoms with Gasteiger partial charge in [0.15, 0.2) is 0 Å². The molecule has 0 saturated heterocycles. The molecule has 2 rings (SSSR count). The zero-order valence-electron chi connectivity index (χ0n) is 13.5. The molecular weight excluding hydrogens is 276 g/mol. The second-order valence-electron chi connectivity index (χ2n) is 6.45. The maximum absolute atomic E-state index is 4.72. The standard InChI is InChI=1S/C18H26N2S/c1-13(2)9-15-5-7-16(8-6-15)17-12-21-18(20-17)11-19-10-14(3)4/h5-8,12-14,19H,9-11H2,1-4H3.